The summed E-state index contributed by atoms with van der Waals surface area (Å²) in [4.78, 5) is 10.6. The Bertz CT molecular complexity index is 358. The quantitative estimate of drug-likeness (QED) is 0.449. The van der Waals surface area contributed by atoms with E-state index in [0.29, 0.717) is 0 Å². The van der Waals surface area contributed by atoms with Crippen molar-refractivity contribution >= 4 is 18.4 Å². The van der Waals surface area contributed by atoms with Crippen molar-refractivity contribution in [3.05, 3.63) is 47.0 Å². The van der Waals surface area contributed by atoms with E-state index in [1.165, 1.54) is 0 Å². The molecule has 0 amide bonds. The van der Waals surface area contributed by atoms with Crippen LogP contribution in [0.1, 0.15) is 21.5 Å². The Hall–Kier alpha value is -1.72. The Morgan fingerprint density at radius 2 is 2.25 bits per heavy atom. The molecule has 0 bridgehead atoms. The molecule has 56 valence electrons. The molecule has 1 nitrogen and oxygen atoms in total. The van der Waals surface area contributed by atoms with Gasteiger partial charge in [0.2, 0.25) is 0 Å². The molecule has 0 N–H and O–H groups in total. The number of rotatable bonds is 1. The van der Waals surface area contributed by atoms with Gasteiger partial charge < -0.3 is 0 Å². The van der Waals surface area contributed by atoms with E-state index in [1.54, 1.807) is 0 Å². The number of hydrogen-bond donors (Lipinski definition) is 0. The van der Waals surface area contributed by atoms with E-state index >= 15 is 0 Å². The monoisotopic (exact) mass is 155 g/mol. The van der Waals surface area contributed by atoms with Gasteiger partial charge in [0.1, 0.15) is 17.7 Å². The topological polar surface area (TPSA) is 17.1 Å². The van der Waals surface area contributed by atoms with Gasteiger partial charge in [-0.1, -0.05) is 6.07 Å². The van der Waals surface area contributed by atoms with E-state index in [4.69, 9.17) is 0 Å². The molecule has 0 aromatic heterocycles. The summed E-state index contributed by atoms with van der Waals surface area (Å²) in [6.07, 6.45) is 9.45. The fraction of sp³-hybridized carbons (Fsp3) is 0. The van der Waals surface area contributed by atoms with Crippen LogP contribution in [0, 0.1) is 6.08 Å². The van der Waals surface area contributed by atoms with Gasteiger partial charge in [0.25, 0.3) is 0 Å². The number of allylic oxidation sites excluding steroid dienone is 2. The van der Waals surface area contributed by atoms with Crippen molar-refractivity contribution in [2.24, 2.45) is 0 Å². The molecule has 0 fully saturated rings. The summed E-state index contributed by atoms with van der Waals surface area (Å²) >= 11 is 0. The van der Waals surface area contributed by atoms with Gasteiger partial charge in [-0.05, 0) is 12.1 Å². The second-order valence-electron chi connectivity index (χ2n) is 2.61. The third-order valence-electron chi connectivity index (χ3n) is 1.89. The summed E-state index contributed by atoms with van der Waals surface area (Å²) in [6.45, 7) is 0. The molecule has 1 aromatic carbocycles. The summed E-state index contributed by atoms with van der Waals surface area (Å²) in [7, 11) is 0. The first-order valence-electron chi connectivity index (χ1n) is 3.76. The summed E-state index contributed by atoms with van der Waals surface area (Å²) in [5, 5.41) is 0. The lowest BCUT2D eigenvalue weighted by molar-refractivity contribution is 0.112. The van der Waals surface area contributed by atoms with Gasteiger partial charge in [-0.25, -0.2) is 0 Å². The molecule has 0 radical (unpaired) electrons. The molecule has 1 aliphatic rings. The van der Waals surface area contributed by atoms with Crippen molar-refractivity contribution < 1.29 is 4.79 Å². The number of benzene rings is 1. The highest BCUT2D eigenvalue weighted by Crippen LogP contribution is 2.19. The fourth-order valence-corrected chi connectivity index (χ4v) is 1.29. The predicted octanol–water partition coefficient (Wildman–Crippen LogP) is 2.34. The number of carbonyl (C=O) groups is 1. The van der Waals surface area contributed by atoms with E-state index < -0.39 is 0 Å². The first-order valence-corrected chi connectivity index (χ1v) is 3.76. The minimum atomic E-state index is 0.726. The Labute approximate surface area is 71.0 Å². The molecule has 0 spiro atoms. The summed E-state index contributed by atoms with van der Waals surface area (Å²) < 4.78 is 0. The van der Waals surface area contributed by atoms with Crippen LogP contribution >= 0.6 is 0 Å². The average Bonchev–Trinajstić information content (AvgIpc) is 2.17. The van der Waals surface area contributed by atoms with Crippen LogP contribution in [0.5, 0.6) is 0 Å². The minimum Gasteiger partial charge on any atom is -0.297 e. The molecule has 1 heteroatoms. The van der Waals surface area contributed by atoms with E-state index in [0.717, 1.165) is 23.0 Å². The van der Waals surface area contributed by atoms with Gasteiger partial charge in [0, 0.05) is 6.08 Å². The summed E-state index contributed by atoms with van der Waals surface area (Å²) in [6, 6.07) is 5.67. The standard InChI is InChI=1S/C11H7O/c12-8-10-6-3-5-9-4-1-2-7-11(9)10/h1,3-8H/q+1. The zero-order valence-electron chi connectivity index (χ0n) is 6.45. The van der Waals surface area contributed by atoms with Crippen molar-refractivity contribution in [3.63, 3.8) is 0 Å². The van der Waals surface area contributed by atoms with Gasteiger partial charge >= 0.3 is 0 Å². The molecule has 12 heavy (non-hydrogen) atoms. The van der Waals surface area contributed by atoms with Gasteiger partial charge in [-0.15, -0.1) is 0 Å². The second-order valence-corrected chi connectivity index (χ2v) is 2.61. The maximum absolute atomic E-state index is 10.6. The van der Waals surface area contributed by atoms with Crippen molar-refractivity contribution in [1.82, 2.24) is 0 Å². The molecular weight excluding hydrogens is 148 g/mol. The SMILES string of the molecule is O=Cc1cccc2c1C=[C+]C=C2. The van der Waals surface area contributed by atoms with Gasteiger partial charge in [-0.2, -0.15) is 0 Å². The van der Waals surface area contributed by atoms with E-state index in [-0.39, 0.29) is 0 Å². The van der Waals surface area contributed by atoms with Gasteiger partial charge in [0.05, 0.1) is 17.2 Å². The van der Waals surface area contributed by atoms with Crippen molar-refractivity contribution in [3.8, 4) is 0 Å². The third-order valence-corrected chi connectivity index (χ3v) is 1.89. The molecule has 0 heterocycles. The lowest BCUT2D eigenvalue weighted by Gasteiger charge is -1.97. The molecule has 0 aliphatic heterocycles. The van der Waals surface area contributed by atoms with E-state index in [1.807, 2.05) is 36.4 Å². The summed E-state index contributed by atoms with van der Waals surface area (Å²) in [5.41, 5.74) is 2.78. The largest absolute Gasteiger partial charge is 0.297 e. The number of aldehydes is 1. The second kappa shape index (κ2) is 2.72. The van der Waals surface area contributed by atoms with Crippen LogP contribution < -0.4 is 0 Å². The van der Waals surface area contributed by atoms with Crippen LogP contribution in [0.15, 0.2) is 24.3 Å². The van der Waals surface area contributed by atoms with Crippen LogP contribution in [0.4, 0.5) is 0 Å². The number of fused-ring (bicyclic) bond motifs is 1. The Kier molecular flexibility index (Phi) is 1.58. The molecule has 1 aromatic rings. The summed E-state index contributed by atoms with van der Waals surface area (Å²) in [5.74, 6) is 0. The molecule has 0 unspecified atom stereocenters. The third kappa shape index (κ3) is 0.969. The zero-order chi connectivity index (χ0) is 8.39. The normalized spacial score (nSPS) is 12.0. The van der Waals surface area contributed by atoms with Crippen LogP contribution in [0.2, 0.25) is 0 Å². The molecule has 2 rings (SSSR count). The maximum atomic E-state index is 10.6. The predicted molar refractivity (Wildman–Crippen MR) is 48.6 cm³/mol. The Morgan fingerprint density at radius 1 is 1.33 bits per heavy atom. The Balaban J connectivity index is 2.69. The maximum Gasteiger partial charge on any atom is 0.163 e. The van der Waals surface area contributed by atoms with Crippen molar-refractivity contribution in [2.45, 2.75) is 0 Å². The van der Waals surface area contributed by atoms with Gasteiger partial charge in [-0.3, -0.25) is 4.79 Å². The molecule has 0 atom stereocenters. The lowest BCUT2D eigenvalue weighted by atomic mass is 9.98. The highest BCUT2D eigenvalue weighted by molar-refractivity contribution is 5.86. The molecular formula is C11H7O+. The molecule has 0 saturated heterocycles. The van der Waals surface area contributed by atoms with E-state index in [9.17, 15) is 4.79 Å². The van der Waals surface area contributed by atoms with Gasteiger partial charge in [0.15, 0.2) is 6.29 Å². The number of carbonyl (C=O) groups excluding carboxylic acids is 1. The minimum absolute atomic E-state index is 0.726. The lowest BCUT2D eigenvalue weighted by Crippen LogP contribution is -1.91. The van der Waals surface area contributed by atoms with Crippen molar-refractivity contribution in [2.75, 3.05) is 0 Å². The first kappa shape index (κ1) is 6.96. The van der Waals surface area contributed by atoms with Crippen LogP contribution in [0.3, 0.4) is 0 Å². The zero-order valence-corrected chi connectivity index (χ0v) is 6.45. The van der Waals surface area contributed by atoms with E-state index in [2.05, 4.69) is 6.08 Å². The van der Waals surface area contributed by atoms with Crippen molar-refractivity contribution in [1.29, 1.82) is 0 Å². The van der Waals surface area contributed by atoms with Crippen LogP contribution in [-0.2, 0) is 0 Å². The fourth-order valence-electron chi connectivity index (χ4n) is 1.29. The smallest absolute Gasteiger partial charge is 0.163 e. The molecule has 1 aliphatic carbocycles. The number of hydrogen-bond acceptors (Lipinski definition) is 1. The highest BCUT2D eigenvalue weighted by atomic mass is 16.1. The average molecular weight is 155 g/mol. The first-order chi connectivity index (χ1) is 5.92. The molecule has 0 saturated carbocycles. The Morgan fingerprint density at radius 3 is 3.08 bits per heavy atom. The highest BCUT2D eigenvalue weighted by Gasteiger charge is 2.12. The van der Waals surface area contributed by atoms with Crippen LogP contribution in [-0.4, -0.2) is 6.29 Å². The van der Waals surface area contributed by atoms with Crippen LogP contribution in [0.25, 0.3) is 12.2 Å².